The van der Waals surface area contributed by atoms with E-state index >= 15 is 0 Å². The SMILES string of the molecule is OC1(Cc2nccs2)CC2CCC1C2. The highest BCUT2D eigenvalue weighted by Gasteiger charge is 2.49. The predicted molar refractivity (Wildman–Crippen MR) is 56.2 cm³/mol. The van der Waals surface area contributed by atoms with Gasteiger partial charge in [0.2, 0.25) is 0 Å². The first-order valence-corrected chi connectivity index (χ1v) is 6.25. The van der Waals surface area contributed by atoms with Gasteiger partial charge in [-0.1, -0.05) is 0 Å². The van der Waals surface area contributed by atoms with Gasteiger partial charge in [0.25, 0.3) is 0 Å². The van der Waals surface area contributed by atoms with Crippen molar-refractivity contribution in [2.24, 2.45) is 11.8 Å². The fourth-order valence-electron chi connectivity index (χ4n) is 3.23. The Kier molecular flexibility index (Phi) is 1.92. The van der Waals surface area contributed by atoms with Gasteiger partial charge in [0.05, 0.1) is 10.6 Å². The maximum Gasteiger partial charge on any atom is 0.0953 e. The summed E-state index contributed by atoms with van der Waals surface area (Å²) < 4.78 is 0. The van der Waals surface area contributed by atoms with Crippen LogP contribution >= 0.6 is 11.3 Å². The predicted octanol–water partition coefficient (Wildman–Crippen LogP) is 2.24. The average molecular weight is 209 g/mol. The summed E-state index contributed by atoms with van der Waals surface area (Å²) in [5.41, 5.74) is -0.416. The summed E-state index contributed by atoms with van der Waals surface area (Å²) in [6.07, 6.45) is 7.44. The molecule has 0 spiro atoms. The first-order chi connectivity index (χ1) is 6.76. The molecule has 1 heterocycles. The van der Waals surface area contributed by atoms with E-state index in [1.807, 2.05) is 11.6 Å². The second kappa shape index (κ2) is 3.04. The Balaban J connectivity index is 1.78. The summed E-state index contributed by atoms with van der Waals surface area (Å²) in [5.74, 6) is 1.35. The summed E-state index contributed by atoms with van der Waals surface area (Å²) in [7, 11) is 0. The van der Waals surface area contributed by atoms with Crippen LogP contribution < -0.4 is 0 Å². The molecule has 3 heteroatoms. The lowest BCUT2D eigenvalue weighted by Gasteiger charge is -2.31. The van der Waals surface area contributed by atoms with E-state index in [0.29, 0.717) is 5.92 Å². The van der Waals surface area contributed by atoms with Crippen molar-refractivity contribution in [3.63, 3.8) is 0 Å². The Labute approximate surface area is 88.0 Å². The maximum atomic E-state index is 10.5. The molecule has 76 valence electrons. The zero-order chi connectivity index (χ0) is 9.60. The number of aliphatic hydroxyl groups is 1. The van der Waals surface area contributed by atoms with E-state index in [2.05, 4.69) is 4.98 Å². The van der Waals surface area contributed by atoms with Crippen LogP contribution in [-0.4, -0.2) is 15.7 Å². The Morgan fingerprint density at radius 1 is 1.57 bits per heavy atom. The molecule has 0 radical (unpaired) electrons. The van der Waals surface area contributed by atoms with Crippen molar-refractivity contribution >= 4 is 11.3 Å². The molecule has 0 aliphatic heterocycles. The number of fused-ring (bicyclic) bond motifs is 2. The largest absolute Gasteiger partial charge is 0.389 e. The van der Waals surface area contributed by atoms with Crippen LogP contribution in [0.5, 0.6) is 0 Å². The monoisotopic (exact) mass is 209 g/mol. The highest BCUT2D eigenvalue weighted by molar-refractivity contribution is 7.09. The molecule has 2 aliphatic rings. The maximum absolute atomic E-state index is 10.5. The Morgan fingerprint density at radius 2 is 2.50 bits per heavy atom. The highest BCUT2D eigenvalue weighted by Crippen LogP contribution is 2.51. The molecule has 3 atom stereocenters. The summed E-state index contributed by atoms with van der Waals surface area (Å²) >= 11 is 1.66. The smallest absolute Gasteiger partial charge is 0.0953 e. The molecule has 2 bridgehead atoms. The lowest BCUT2D eigenvalue weighted by molar-refractivity contribution is -0.0125. The van der Waals surface area contributed by atoms with Crippen molar-refractivity contribution in [3.05, 3.63) is 16.6 Å². The normalized spacial score (nSPS) is 40.6. The first kappa shape index (κ1) is 8.86. The molecule has 0 saturated heterocycles. The third kappa shape index (κ3) is 1.30. The standard InChI is InChI=1S/C11H15NOS/c13-11(7-10-12-3-4-14-10)6-8-1-2-9(11)5-8/h3-4,8-9,13H,1-2,5-7H2. The van der Waals surface area contributed by atoms with Gasteiger partial charge in [-0.05, 0) is 37.5 Å². The van der Waals surface area contributed by atoms with Gasteiger partial charge >= 0.3 is 0 Å². The number of rotatable bonds is 2. The minimum Gasteiger partial charge on any atom is -0.389 e. The van der Waals surface area contributed by atoms with Crippen LogP contribution in [0.4, 0.5) is 0 Å². The molecule has 2 aliphatic carbocycles. The van der Waals surface area contributed by atoms with E-state index in [9.17, 15) is 5.11 Å². The van der Waals surface area contributed by atoms with Crippen LogP contribution in [0.15, 0.2) is 11.6 Å². The summed E-state index contributed by atoms with van der Waals surface area (Å²) in [6, 6.07) is 0. The van der Waals surface area contributed by atoms with E-state index in [0.717, 1.165) is 23.8 Å². The van der Waals surface area contributed by atoms with Gasteiger partial charge in [0, 0.05) is 18.0 Å². The Bertz CT molecular complexity index is 324. The second-order valence-corrected chi connectivity index (χ2v) is 5.77. The molecule has 14 heavy (non-hydrogen) atoms. The molecular weight excluding hydrogens is 194 g/mol. The average Bonchev–Trinajstić information content (AvgIpc) is 2.78. The van der Waals surface area contributed by atoms with Crippen LogP contribution in [0.25, 0.3) is 0 Å². The minimum absolute atomic E-state index is 0.416. The van der Waals surface area contributed by atoms with E-state index in [1.54, 1.807) is 11.3 Å². The number of aromatic nitrogens is 1. The highest BCUT2D eigenvalue weighted by atomic mass is 32.1. The fraction of sp³-hybridized carbons (Fsp3) is 0.727. The van der Waals surface area contributed by atoms with Gasteiger partial charge in [0.1, 0.15) is 0 Å². The lowest BCUT2D eigenvalue weighted by Crippen LogP contribution is -2.37. The second-order valence-electron chi connectivity index (χ2n) is 4.79. The molecule has 3 rings (SSSR count). The molecule has 2 nitrogen and oxygen atoms in total. The molecule has 1 aromatic rings. The third-order valence-electron chi connectivity index (χ3n) is 3.88. The quantitative estimate of drug-likeness (QED) is 0.810. The number of hydrogen-bond donors (Lipinski definition) is 1. The van der Waals surface area contributed by atoms with Crippen molar-refractivity contribution < 1.29 is 5.11 Å². The van der Waals surface area contributed by atoms with Crippen LogP contribution in [0.3, 0.4) is 0 Å². The van der Waals surface area contributed by atoms with E-state index in [-0.39, 0.29) is 0 Å². The molecular formula is C11H15NOS. The Hall–Kier alpha value is -0.410. The van der Waals surface area contributed by atoms with Crippen LogP contribution in [0.2, 0.25) is 0 Å². The molecule has 0 aromatic carbocycles. The van der Waals surface area contributed by atoms with Gasteiger partial charge in [-0.25, -0.2) is 4.98 Å². The fourth-order valence-corrected chi connectivity index (χ4v) is 3.97. The molecule has 3 unspecified atom stereocenters. The minimum atomic E-state index is -0.416. The van der Waals surface area contributed by atoms with Gasteiger partial charge in [-0.3, -0.25) is 0 Å². The van der Waals surface area contributed by atoms with Gasteiger partial charge in [-0.15, -0.1) is 11.3 Å². The molecule has 2 saturated carbocycles. The van der Waals surface area contributed by atoms with E-state index < -0.39 is 5.60 Å². The number of nitrogens with zero attached hydrogens (tertiary/aromatic N) is 1. The van der Waals surface area contributed by atoms with Gasteiger partial charge < -0.3 is 5.11 Å². The first-order valence-electron chi connectivity index (χ1n) is 5.37. The molecule has 1 N–H and O–H groups in total. The van der Waals surface area contributed by atoms with Crippen LogP contribution in [-0.2, 0) is 6.42 Å². The van der Waals surface area contributed by atoms with E-state index in [1.165, 1.54) is 19.3 Å². The molecule has 1 aromatic heterocycles. The number of thiazole rings is 1. The molecule has 0 amide bonds. The van der Waals surface area contributed by atoms with Crippen molar-refractivity contribution in [1.29, 1.82) is 0 Å². The van der Waals surface area contributed by atoms with E-state index in [4.69, 9.17) is 0 Å². The summed E-state index contributed by atoms with van der Waals surface area (Å²) in [4.78, 5) is 4.27. The lowest BCUT2D eigenvalue weighted by atomic mass is 9.82. The number of hydrogen-bond acceptors (Lipinski definition) is 3. The third-order valence-corrected chi connectivity index (χ3v) is 4.66. The van der Waals surface area contributed by atoms with Crippen molar-refractivity contribution in [1.82, 2.24) is 4.98 Å². The van der Waals surface area contributed by atoms with Crippen molar-refractivity contribution in [2.75, 3.05) is 0 Å². The summed E-state index contributed by atoms with van der Waals surface area (Å²) in [6.45, 7) is 0. The van der Waals surface area contributed by atoms with Crippen LogP contribution in [0.1, 0.15) is 30.7 Å². The molecule has 2 fully saturated rings. The van der Waals surface area contributed by atoms with Gasteiger partial charge in [-0.2, -0.15) is 0 Å². The zero-order valence-corrected chi connectivity index (χ0v) is 8.96. The van der Waals surface area contributed by atoms with Crippen molar-refractivity contribution in [2.45, 2.75) is 37.7 Å². The van der Waals surface area contributed by atoms with Gasteiger partial charge in [0.15, 0.2) is 0 Å². The van der Waals surface area contributed by atoms with Crippen LogP contribution in [0, 0.1) is 11.8 Å². The van der Waals surface area contributed by atoms with Crippen molar-refractivity contribution in [3.8, 4) is 0 Å². The Morgan fingerprint density at radius 3 is 3.07 bits per heavy atom. The topological polar surface area (TPSA) is 33.1 Å². The zero-order valence-electron chi connectivity index (χ0n) is 8.15. The summed E-state index contributed by atoms with van der Waals surface area (Å²) in [5, 5.41) is 13.6.